The molecule has 4 atom stereocenters. The number of carbonyl (C=O) groups excluding carboxylic acids is 1. The number of aliphatic hydroxyl groups is 1. The molecule has 7 heteroatoms. The average Bonchev–Trinajstić information content (AvgIpc) is 3.32. The van der Waals surface area contributed by atoms with Gasteiger partial charge in [0.05, 0.1) is 11.3 Å². The number of nitrogens with zero attached hydrogens (tertiary/aromatic N) is 4. The van der Waals surface area contributed by atoms with E-state index in [0.717, 1.165) is 42.7 Å². The van der Waals surface area contributed by atoms with Crippen LogP contribution in [0.5, 0.6) is 0 Å². The lowest BCUT2D eigenvalue weighted by atomic mass is 10.0. The summed E-state index contributed by atoms with van der Waals surface area (Å²) in [5, 5.41) is 20.0. The van der Waals surface area contributed by atoms with Crippen molar-refractivity contribution in [3.05, 3.63) is 24.0 Å². The summed E-state index contributed by atoms with van der Waals surface area (Å²) in [5.74, 6) is 0.748. The second-order valence-electron chi connectivity index (χ2n) is 7.55. The number of nitrogens with one attached hydrogen (secondary N) is 1. The van der Waals surface area contributed by atoms with Gasteiger partial charge in [-0.25, -0.2) is 4.98 Å². The molecule has 2 aromatic rings. The summed E-state index contributed by atoms with van der Waals surface area (Å²) < 4.78 is 0. The second-order valence-corrected chi connectivity index (χ2v) is 7.55. The molecule has 2 aromatic heterocycles. The van der Waals surface area contributed by atoms with Gasteiger partial charge in [0.2, 0.25) is 0 Å². The molecule has 0 radical (unpaired) electrons. The van der Waals surface area contributed by atoms with Crippen LogP contribution in [0.3, 0.4) is 0 Å². The monoisotopic (exact) mass is 353 g/mol. The molecule has 1 amide bonds. The van der Waals surface area contributed by atoms with Crippen molar-refractivity contribution in [2.24, 2.45) is 11.8 Å². The molecule has 2 fully saturated rings. The normalized spacial score (nSPS) is 25.9. The number of nitriles is 1. The molecule has 2 N–H and O–H groups in total. The van der Waals surface area contributed by atoms with E-state index in [1.165, 1.54) is 6.92 Å². The van der Waals surface area contributed by atoms with E-state index in [1.807, 2.05) is 19.3 Å². The maximum atomic E-state index is 12.0. The van der Waals surface area contributed by atoms with E-state index in [1.54, 1.807) is 11.1 Å². The molecule has 1 unspecified atom stereocenters. The minimum Gasteiger partial charge on any atom is -0.384 e. The van der Waals surface area contributed by atoms with E-state index in [2.05, 4.69) is 20.9 Å². The fourth-order valence-electron chi connectivity index (χ4n) is 4.67. The molecule has 1 saturated carbocycles. The van der Waals surface area contributed by atoms with E-state index in [4.69, 9.17) is 0 Å². The number of aromatic nitrogens is 2. The Morgan fingerprint density at radius 3 is 2.77 bits per heavy atom. The lowest BCUT2D eigenvalue weighted by Gasteiger charge is -2.29. The van der Waals surface area contributed by atoms with Crippen molar-refractivity contribution in [3.8, 4) is 6.07 Å². The molecule has 1 saturated heterocycles. The number of fused-ring (bicyclic) bond motifs is 2. The van der Waals surface area contributed by atoms with Crippen LogP contribution in [-0.4, -0.2) is 58.2 Å². The zero-order valence-electron chi connectivity index (χ0n) is 15.0. The molecule has 0 bridgehead atoms. The van der Waals surface area contributed by atoms with Gasteiger partial charge in [0.25, 0.3) is 5.91 Å². The predicted octanol–water partition coefficient (Wildman–Crippen LogP) is 1.49. The first-order valence-corrected chi connectivity index (χ1v) is 9.05. The number of likely N-dealkylation sites (tertiary alicyclic amines) is 1. The van der Waals surface area contributed by atoms with Crippen molar-refractivity contribution in [1.29, 1.82) is 5.26 Å². The van der Waals surface area contributed by atoms with Gasteiger partial charge in [-0.05, 0) is 37.7 Å². The van der Waals surface area contributed by atoms with Crippen LogP contribution in [0.1, 0.15) is 25.3 Å². The number of pyridine rings is 1. The van der Waals surface area contributed by atoms with Gasteiger partial charge in [0.1, 0.15) is 17.8 Å². The number of amides is 1. The van der Waals surface area contributed by atoms with Crippen molar-refractivity contribution in [2.45, 2.75) is 31.9 Å². The quantitative estimate of drug-likeness (QED) is 0.871. The first-order chi connectivity index (χ1) is 12.5. The van der Waals surface area contributed by atoms with Gasteiger partial charge in [-0.2, -0.15) is 5.26 Å². The number of rotatable bonds is 3. The Hall–Kier alpha value is -2.59. The molecule has 7 nitrogen and oxygen atoms in total. The maximum absolute atomic E-state index is 12.0. The van der Waals surface area contributed by atoms with Crippen LogP contribution in [-0.2, 0) is 4.79 Å². The minimum absolute atomic E-state index is 0.167. The van der Waals surface area contributed by atoms with Gasteiger partial charge >= 0.3 is 0 Å². The third kappa shape index (κ3) is 2.61. The molecular weight excluding hydrogens is 330 g/mol. The van der Waals surface area contributed by atoms with Crippen LogP contribution in [0, 0.1) is 23.2 Å². The molecule has 4 rings (SSSR count). The molecule has 26 heavy (non-hydrogen) atoms. The third-order valence-corrected chi connectivity index (χ3v) is 5.97. The van der Waals surface area contributed by atoms with Crippen molar-refractivity contribution >= 4 is 22.6 Å². The molecule has 0 aromatic carbocycles. The smallest absolute Gasteiger partial charge is 0.251 e. The molecule has 3 heterocycles. The van der Waals surface area contributed by atoms with E-state index in [9.17, 15) is 15.2 Å². The summed E-state index contributed by atoms with van der Waals surface area (Å²) in [7, 11) is 2.05. The van der Waals surface area contributed by atoms with E-state index in [-0.39, 0.29) is 5.91 Å². The number of aliphatic hydroxyl groups excluding tert-OH is 1. The summed E-state index contributed by atoms with van der Waals surface area (Å²) in [6.45, 7) is 2.97. The summed E-state index contributed by atoms with van der Waals surface area (Å²) in [6, 6.07) is 4.57. The number of hydrogen-bond acceptors (Lipinski definition) is 5. The van der Waals surface area contributed by atoms with Crippen LogP contribution in [0.15, 0.2) is 18.5 Å². The fraction of sp³-hybridized carbons (Fsp3) is 0.526. The Morgan fingerprint density at radius 1 is 1.46 bits per heavy atom. The highest BCUT2D eigenvalue weighted by atomic mass is 16.3. The summed E-state index contributed by atoms with van der Waals surface area (Å²) in [5.41, 5.74) is 2.31. The molecule has 1 aliphatic carbocycles. The van der Waals surface area contributed by atoms with Crippen LogP contribution in [0.4, 0.5) is 5.69 Å². The van der Waals surface area contributed by atoms with Gasteiger partial charge in [0, 0.05) is 44.0 Å². The Kier molecular flexibility index (Phi) is 4.08. The Morgan fingerprint density at radius 2 is 2.15 bits per heavy atom. The molecule has 1 aliphatic heterocycles. The maximum Gasteiger partial charge on any atom is 0.251 e. The zero-order chi connectivity index (χ0) is 18.4. The molecule has 2 aliphatic rings. The number of anilines is 1. The van der Waals surface area contributed by atoms with E-state index in [0.29, 0.717) is 23.4 Å². The van der Waals surface area contributed by atoms with Gasteiger partial charge in [-0.15, -0.1) is 0 Å². The third-order valence-electron chi connectivity index (χ3n) is 5.97. The topological polar surface area (TPSA) is 96.2 Å². The fourth-order valence-corrected chi connectivity index (χ4v) is 4.67. The second kappa shape index (κ2) is 6.29. The Labute approximate surface area is 152 Å². The number of carbonyl (C=O) groups is 1. The number of hydrogen-bond donors (Lipinski definition) is 2. The molecular formula is C19H23N5O2. The number of H-pyrrole nitrogens is 1. The number of aromatic amines is 1. The van der Waals surface area contributed by atoms with Gasteiger partial charge in [-0.3, -0.25) is 4.79 Å². The van der Waals surface area contributed by atoms with Crippen LogP contribution >= 0.6 is 0 Å². The van der Waals surface area contributed by atoms with Gasteiger partial charge in [0.15, 0.2) is 0 Å². The Balaban J connectivity index is 1.54. The average molecular weight is 353 g/mol. The summed E-state index contributed by atoms with van der Waals surface area (Å²) in [6.07, 6.45) is 4.53. The molecule has 136 valence electrons. The van der Waals surface area contributed by atoms with Crippen LogP contribution in [0.2, 0.25) is 0 Å². The van der Waals surface area contributed by atoms with Gasteiger partial charge in [-0.1, -0.05) is 0 Å². The highest BCUT2D eigenvalue weighted by Gasteiger charge is 2.44. The van der Waals surface area contributed by atoms with Crippen LogP contribution < -0.4 is 4.90 Å². The van der Waals surface area contributed by atoms with Crippen LogP contribution in [0.25, 0.3) is 11.0 Å². The SMILES string of the molecule is C[C@H](O)C(=O)N1C[C@H]2CC(N(C)c3c(C#N)cnc4[nH]ccc34)C[C@H]2C1. The van der Waals surface area contributed by atoms with Crippen molar-refractivity contribution in [3.63, 3.8) is 0 Å². The lowest BCUT2D eigenvalue weighted by Crippen LogP contribution is -2.38. The van der Waals surface area contributed by atoms with E-state index >= 15 is 0 Å². The lowest BCUT2D eigenvalue weighted by molar-refractivity contribution is -0.138. The minimum atomic E-state index is -0.927. The van der Waals surface area contributed by atoms with Crippen molar-refractivity contribution in [2.75, 3.05) is 25.0 Å². The zero-order valence-corrected chi connectivity index (χ0v) is 15.0. The van der Waals surface area contributed by atoms with E-state index < -0.39 is 6.10 Å². The first-order valence-electron chi connectivity index (χ1n) is 9.05. The summed E-state index contributed by atoms with van der Waals surface area (Å²) >= 11 is 0. The van der Waals surface area contributed by atoms with Crippen molar-refractivity contribution in [1.82, 2.24) is 14.9 Å². The molecule has 0 spiro atoms. The van der Waals surface area contributed by atoms with Crippen molar-refractivity contribution < 1.29 is 9.90 Å². The highest BCUT2D eigenvalue weighted by molar-refractivity contribution is 5.93. The predicted molar refractivity (Wildman–Crippen MR) is 97.5 cm³/mol. The Bertz CT molecular complexity index is 870. The first kappa shape index (κ1) is 16.9. The summed E-state index contributed by atoms with van der Waals surface area (Å²) in [4.78, 5) is 23.5. The standard InChI is InChI=1S/C19H23N5O2/c1-11(25)19(26)24-9-12-5-15(6-13(12)10-24)23(2)17-14(7-20)8-22-18-16(17)3-4-21-18/h3-4,8,11-13,15,25H,5-6,9-10H2,1-2H3,(H,21,22)/t11-,12-,13+,15?/m0/s1. The van der Waals surface area contributed by atoms with Gasteiger partial charge < -0.3 is 19.9 Å². The largest absolute Gasteiger partial charge is 0.384 e. The highest BCUT2D eigenvalue weighted by Crippen LogP contribution is 2.42.